The summed E-state index contributed by atoms with van der Waals surface area (Å²) in [5.41, 5.74) is -1.31. The summed E-state index contributed by atoms with van der Waals surface area (Å²) in [7, 11) is -1.18. The molecule has 2 fully saturated rings. The number of rotatable bonds is 2. The zero-order valence-electron chi connectivity index (χ0n) is 13.1. The van der Waals surface area contributed by atoms with Crippen molar-refractivity contribution < 1.29 is 8.42 Å². The number of nitrogens with one attached hydrogen (secondary N) is 1. The lowest BCUT2D eigenvalue weighted by atomic mass is 10.1. The van der Waals surface area contributed by atoms with Gasteiger partial charge < -0.3 is 9.88 Å². The molecular formula is C13H21ClN4O4S. The van der Waals surface area contributed by atoms with Gasteiger partial charge >= 0.3 is 5.69 Å². The minimum atomic E-state index is -3.90. The summed E-state index contributed by atoms with van der Waals surface area (Å²) >= 11 is 0. The fourth-order valence-corrected chi connectivity index (χ4v) is 4.87. The third kappa shape index (κ3) is 3.10. The van der Waals surface area contributed by atoms with Gasteiger partial charge in [-0.05, 0) is 19.3 Å². The van der Waals surface area contributed by atoms with Gasteiger partial charge in [0.25, 0.3) is 5.56 Å². The molecule has 0 amide bonds. The van der Waals surface area contributed by atoms with E-state index in [2.05, 4.69) is 5.32 Å². The van der Waals surface area contributed by atoms with E-state index in [1.807, 2.05) is 0 Å². The number of sulfonamides is 1. The Morgan fingerprint density at radius 1 is 1.13 bits per heavy atom. The Bertz CT molecular complexity index is 816. The lowest BCUT2D eigenvalue weighted by Gasteiger charge is -2.23. The predicted molar refractivity (Wildman–Crippen MR) is 87.5 cm³/mol. The lowest BCUT2D eigenvalue weighted by Crippen LogP contribution is -2.44. The van der Waals surface area contributed by atoms with Crippen LogP contribution in [-0.2, 0) is 24.1 Å². The molecule has 3 rings (SSSR count). The molecule has 2 bridgehead atoms. The summed E-state index contributed by atoms with van der Waals surface area (Å²) in [6.45, 7) is 0.757. The molecule has 3 heterocycles. The van der Waals surface area contributed by atoms with Crippen LogP contribution in [0.3, 0.4) is 0 Å². The molecular weight excluding hydrogens is 344 g/mol. The van der Waals surface area contributed by atoms with Crippen LogP contribution >= 0.6 is 12.4 Å². The summed E-state index contributed by atoms with van der Waals surface area (Å²) in [6, 6.07) is 0.492. The van der Waals surface area contributed by atoms with Crippen molar-refractivity contribution in [2.75, 3.05) is 13.1 Å². The van der Waals surface area contributed by atoms with Crippen LogP contribution in [-0.4, -0.2) is 47.0 Å². The summed E-state index contributed by atoms with van der Waals surface area (Å²) in [4.78, 5) is 23.6. The highest BCUT2D eigenvalue weighted by Gasteiger charge is 2.36. The molecule has 0 spiro atoms. The normalized spacial score (nSPS) is 25.0. The Balaban J connectivity index is 0.00000192. The van der Waals surface area contributed by atoms with E-state index >= 15 is 0 Å². The largest absolute Gasteiger partial charge is 0.330 e. The second-order valence-electron chi connectivity index (χ2n) is 6.04. The maximum absolute atomic E-state index is 12.8. The SMILES string of the molecule is Cl.Cn1cc(S(=O)(=O)N2CCC3CCC(C2)N3)c(=O)n(C)c1=O. The van der Waals surface area contributed by atoms with E-state index in [1.54, 1.807) is 0 Å². The average molecular weight is 365 g/mol. The van der Waals surface area contributed by atoms with Crippen molar-refractivity contribution in [3.63, 3.8) is 0 Å². The first kappa shape index (κ1) is 18.2. The van der Waals surface area contributed by atoms with Crippen molar-refractivity contribution in [1.29, 1.82) is 0 Å². The molecule has 0 aromatic carbocycles. The van der Waals surface area contributed by atoms with Gasteiger partial charge in [-0.1, -0.05) is 0 Å². The van der Waals surface area contributed by atoms with Gasteiger partial charge in [-0.3, -0.25) is 9.36 Å². The second-order valence-corrected chi connectivity index (χ2v) is 7.95. The van der Waals surface area contributed by atoms with Gasteiger partial charge in [0.2, 0.25) is 10.0 Å². The number of halogens is 1. The first-order valence-corrected chi connectivity index (χ1v) is 8.77. The lowest BCUT2D eigenvalue weighted by molar-refractivity contribution is 0.382. The molecule has 0 radical (unpaired) electrons. The number of fused-ring (bicyclic) bond motifs is 2. The van der Waals surface area contributed by atoms with Crippen LogP contribution in [0, 0.1) is 0 Å². The summed E-state index contributed by atoms with van der Waals surface area (Å²) < 4.78 is 29.0. The van der Waals surface area contributed by atoms with E-state index in [4.69, 9.17) is 0 Å². The van der Waals surface area contributed by atoms with E-state index in [-0.39, 0.29) is 23.3 Å². The molecule has 2 unspecified atom stereocenters. The zero-order chi connectivity index (χ0) is 16.1. The van der Waals surface area contributed by atoms with Crippen molar-refractivity contribution in [3.05, 3.63) is 27.0 Å². The Kier molecular flexibility index (Phi) is 5.05. The zero-order valence-corrected chi connectivity index (χ0v) is 14.7. The van der Waals surface area contributed by atoms with Crippen molar-refractivity contribution in [2.24, 2.45) is 14.1 Å². The van der Waals surface area contributed by atoms with Crippen LogP contribution in [0.2, 0.25) is 0 Å². The second kappa shape index (κ2) is 6.39. The molecule has 0 saturated carbocycles. The molecule has 1 N–H and O–H groups in total. The molecule has 8 nitrogen and oxygen atoms in total. The van der Waals surface area contributed by atoms with Crippen molar-refractivity contribution in [2.45, 2.75) is 36.2 Å². The van der Waals surface area contributed by atoms with E-state index in [1.165, 1.54) is 18.4 Å². The van der Waals surface area contributed by atoms with Crippen LogP contribution in [0.4, 0.5) is 0 Å². The highest BCUT2D eigenvalue weighted by molar-refractivity contribution is 7.89. The Hall–Kier alpha value is -1.16. The third-order valence-corrected chi connectivity index (χ3v) is 6.37. The molecule has 1 aromatic heterocycles. The van der Waals surface area contributed by atoms with E-state index in [0.29, 0.717) is 19.1 Å². The van der Waals surface area contributed by atoms with Gasteiger partial charge in [0, 0.05) is 45.5 Å². The highest BCUT2D eigenvalue weighted by Crippen LogP contribution is 2.23. The van der Waals surface area contributed by atoms with Crippen molar-refractivity contribution in [1.82, 2.24) is 18.8 Å². The van der Waals surface area contributed by atoms with Crippen molar-refractivity contribution in [3.8, 4) is 0 Å². The molecule has 130 valence electrons. The Morgan fingerprint density at radius 2 is 1.78 bits per heavy atom. The fraction of sp³-hybridized carbons (Fsp3) is 0.692. The molecule has 2 saturated heterocycles. The first-order valence-electron chi connectivity index (χ1n) is 7.33. The van der Waals surface area contributed by atoms with Gasteiger partial charge in [0.05, 0.1) is 0 Å². The first-order chi connectivity index (χ1) is 10.3. The van der Waals surface area contributed by atoms with Gasteiger partial charge in [-0.25, -0.2) is 13.2 Å². The minimum Gasteiger partial charge on any atom is -0.310 e. The van der Waals surface area contributed by atoms with Gasteiger partial charge in [-0.15, -0.1) is 12.4 Å². The smallest absolute Gasteiger partial charge is 0.310 e. The van der Waals surface area contributed by atoms with Gasteiger partial charge in [-0.2, -0.15) is 4.31 Å². The summed E-state index contributed by atoms with van der Waals surface area (Å²) in [6.07, 6.45) is 3.88. The highest BCUT2D eigenvalue weighted by atomic mass is 35.5. The monoisotopic (exact) mass is 364 g/mol. The van der Waals surface area contributed by atoms with Crippen LogP contribution in [0.5, 0.6) is 0 Å². The average Bonchev–Trinajstić information content (AvgIpc) is 2.79. The van der Waals surface area contributed by atoms with Gasteiger partial charge in [0.15, 0.2) is 4.90 Å². The van der Waals surface area contributed by atoms with Crippen LogP contribution in [0.15, 0.2) is 20.7 Å². The third-order valence-electron chi connectivity index (χ3n) is 4.52. The molecule has 23 heavy (non-hydrogen) atoms. The Labute approximate surface area is 140 Å². The van der Waals surface area contributed by atoms with E-state index in [0.717, 1.165) is 34.6 Å². The quantitative estimate of drug-likeness (QED) is 0.728. The molecule has 2 aliphatic rings. The molecule has 0 aliphatic carbocycles. The van der Waals surface area contributed by atoms with Gasteiger partial charge in [0.1, 0.15) is 0 Å². The number of nitrogens with zero attached hydrogens (tertiary/aromatic N) is 3. The molecule has 2 atom stereocenters. The number of aryl methyl sites for hydroxylation is 1. The predicted octanol–water partition coefficient (Wildman–Crippen LogP) is -0.979. The number of aromatic nitrogens is 2. The minimum absolute atomic E-state index is 0. The van der Waals surface area contributed by atoms with E-state index in [9.17, 15) is 18.0 Å². The molecule has 10 heteroatoms. The van der Waals surface area contributed by atoms with E-state index < -0.39 is 21.3 Å². The topological polar surface area (TPSA) is 93.4 Å². The number of hydrogen-bond donors (Lipinski definition) is 1. The van der Waals surface area contributed by atoms with Crippen LogP contribution < -0.4 is 16.6 Å². The molecule has 2 aliphatic heterocycles. The standard InChI is InChI=1S/C13H20N4O4S.ClH/c1-15-8-11(12(18)16(2)13(15)19)22(20,21)17-6-5-9-3-4-10(7-17)14-9;/h8-10,14H,3-7H2,1-2H3;1H. The molecule has 1 aromatic rings. The Morgan fingerprint density at radius 3 is 2.48 bits per heavy atom. The summed E-state index contributed by atoms with van der Waals surface area (Å²) in [5, 5.41) is 3.41. The maximum atomic E-state index is 12.8. The van der Waals surface area contributed by atoms with Crippen molar-refractivity contribution >= 4 is 22.4 Å². The summed E-state index contributed by atoms with van der Waals surface area (Å²) in [5.74, 6) is 0. The van der Waals surface area contributed by atoms with Crippen LogP contribution in [0.25, 0.3) is 0 Å². The number of hydrogen-bond acceptors (Lipinski definition) is 5. The maximum Gasteiger partial charge on any atom is 0.330 e. The fourth-order valence-electron chi connectivity index (χ4n) is 3.22. The van der Waals surface area contributed by atoms with Crippen LogP contribution in [0.1, 0.15) is 19.3 Å².